The number of aryl methyl sites for hydroxylation is 1. The molecule has 5 heteroatoms. The number of hydrogen-bond donors (Lipinski definition) is 1. The lowest BCUT2D eigenvalue weighted by Gasteiger charge is -2.15. The predicted molar refractivity (Wildman–Crippen MR) is 70.3 cm³/mol. The van der Waals surface area contributed by atoms with E-state index < -0.39 is 0 Å². The molecule has 1 aromatic heterocycles. The molecule has 0 saturated carbocycles. The minimum atomic E-state index is 0.291. The molecule has 1 amide bonds. The molecule has 2 rings (SSSR count). The summed E-state index contributed by atoms with van der Waals surface area (Å²) in [5.74, 6) is 1.32. The Kier molecular flexibility index (Phi) is 4.75. The third-order valence-electron chi connectivity index (χ3n) is 3.43. The molecule has 2 heterocycles. The molecule has 0 spiro atoms. The molecular formula is C13H22N4O. The average Bonchev–Trinajstić information content (AvgIpc) is 3.00. The lowest BCUT2D eigenvalue weighted by Crippen LogP contribution is -2.31. The van der Waals surface area contributed by atoms with Gasteiger partial charge in [0.25, 0.3) is 0 Å². The van der Waals surface area contributed by atoms with Crippen molar-refractivity contribution in [1.82, 2.24) is 19.8 Å². The normalized spacial score (nSPS) is 15.3. The molecule has 1 N–H and O–H groups in total. The van der Waals surface area contributed by atoms with Crippen LogP contribution in [0.15, 0.2) is 12.4 Å². The summed E-state index contributed by atoms with van der Waals surface area (Å²) in [6, 6.07) is 0. The van der Waals surface area contributed by atoms with Crippen LogP contribution in [0.3, 0.4) is 0 Å². The Morgan fingerprint density at radius 2 is 2.17 bits per heavy atom. The smallest absolute Gasteiger partial charge is 0.223 e. The fourth-order valence-electron chi connectivity index (χ4n) is 2.28. The molecule has 0 unspecified atom stereocenters. The van der Waals surface area contributed by atoms with E-state index in [2.05, 4.69) is 14.9 Å². The van der Waals surface area contributed by atoms with E-state index >= 15 is 0 Å². The SMILES string of the molecule is Cc1nccn1CCNCCC(=O)N1CCCC1. The zero-order valence-corrected chi connectivity index (χ0v) is 11.1. The Hall–Kier alpha value is -1.36. The van der Waals surface area contributed by atoms with Gasteiger partial charge in [-0.1, -0.05) is 0 Å². The Morgan fingerprint density at radius 3 is 2.83 bits per heavy atom. The van der Waals surface area contributed by atoms with E-state index in [-0.39, 0.29) is 0 Å². The second-order valence-corrected chi connectivity index (χ2v) is 4.76. The van der Waals surface area contributed by atoms with Gasteiger partial charge >= 0.3 is 0 Å². The lowest BCUT2D eigenvalue weighted by atomic mass is 10.3. The predicted octanol–water partition coefficient (Wildman–Crippen LogP) is 0.794. The summed E-state index contributed by atoms with van der Waals surface area (Å²) in [4.78, 5) is 17.9. The average molecular weight is 250 g/mol. The first-order chi connectivity index (χ1) is 8.77. The van der Waals surface area contributed by atoms with Crippen LogP contribution in [0.4, 0.5) is 0 Å². The maximum Gasteiger partial charge on any atom is 0.223 e. The van der Waals surface area contributed by atoms with Crippen LogP contribution >= 0.6 is 0 Å². The van der Waals surface area contributed by atoms with Crippen molar-refractivity contribution in [2.75, 3.05) is 26.2 Å². The van der Waals surface area contributed by atoms with Crippen molar-refractivity contribution in [2.45, 2.75) is 32.7 Å². The topological polar surface area (TPSA) is 50.2 Å². The Labute approximate surface area is 108 Å². The second kappa shape index (κ2) is 6.54. The number of carbonyl (C=O) groups excluding carboxylic acids is 1. The van der Waals surface area contributed by atoms with Crippen molar-refractivity contribution in [1.29, 1.82) is 0 Å². The van der Waals surface area contributed by atoms with Gasteiger partial charge in [-0.25, -0.2) is 4.98 Å². The maximum absolute atomic E-state index is 11.8. The van der Waals surface area contributed by atoms with Crippen molar-refractivity contribution in [3.8, 4) is 0 Å². The van der Waals surface area contributed by atoms with Gasteiger partial charge in [0.2, 0.25) is 5.91 Å². The molecule has 5 nitrogen and oxygen atoms in total. The number of nitrogens with zero attached hydrogens (tertiary/aromatic N) is 3. The van der Waals surface area contributed by atoms with Crippen LogP contribution in [0.5, 0.6) is 0 Å². The highest BCUT2D eigenvalue weighted by atomic mass is 16.2. The van der Waals surface area contributed by atoms with Crippen LogP contribution in [-0.2, 0) is 11.3 Å². The molecule has 0 radical (unpaired) electrons. The first-order valence-electron chi connectivity index (χ1n) is 6.73. The largest absolute Gasteiger partial charge is 0.343 e. The van der Waals surface area contributed by atoms with Crippen LogP contribution in [0.25, 0.3) is 0 Å². The van der Waals surface area contributed by atoms with Crippen molar-refractivity contribution in [3.05, 3.63) is 18.2 Å². The number of carbonyl (C=O) groups is 1. The summed E-state index contributed by atoms with van der Waals surface area (Å²) in [7, 11) is 0. The molecule has 1 aliphatic rings. The van der Waals surface area contributed by atoms with E-state index in [1.54, 1.807) is 0 Å². The van der Waals surface area contributed by atoms with Gasteiger partial charge in [0, 0.05) is 51.5 Å². The number of amides is 1. The number of imidazole rings is 1. The number of hydrogen-bond acceptors (Lipinski definition) is 3. The number of nitrogens with one attached hydrogen (secondary N) is 1. The minimum absolute atomic E-state index is 0.291. The summed E-state index contributed by atoms with van der Waals surface area (Å²) in [6.45, 7) is 6.45. The molecule has 0 aromatic carbocycles. The number of rotatable bonds is 6. The summed E-state index contributed by atoms with van der Waals surface area (Å²) in [6.07, 6.45) is 6.74. The van der Waals surface area contributed by atoms with Crippen molar-refractivity contribution >= 4 is 5.91 Å². The third-order valence-corrected chi connectivity index (χ3v) is 3.43. The van der Waals surface area contributed by atoms with E-state index in [4.69, 9.17) is 0 Å². The molecule has 0 aliphatic carbocycles. The minimum Gasteiger partial charge on any atom is -0.343 e. The van der Waals surface area contributed by atoms with E-state index in [1.807, 2.05) is 24.2 Å². The Balaban J connectivity index is 1.56. The Bertz CT molecular complexity index is 382. The van der Waals surface area contributed by atoms with E-state index in [1.165, 1.54) is 12.8 Å². The van der Waals surface area contributed by atoms with Gasteiger partial charge in [-0.2, -0.15) is 0 Å². The van der Waals surface area contributed by atoms with Gasteiger partial charge in [-0.3, -0.25) is 4.79 Å². The lowest BCUT2D eigenvalue weighted by molar-refractivity contribution is -0.130. The number of likely N-dealkylation sites (tertiary alicyclic amines) is 1. The van der Waals surface area contributed by atoms with Gasteiger partial charge < -0.3 is 14.8 Å². The molecule has 100 valence electrons. The van der Waals surface area contributed by atoms with Gasteiger partial charge in [0.1, 0.15) is 5.82 Å². The van der Waals surface area contributed by atoms with Crippen molar-refractivity contribution in [3.63, 3.8) is 0 Å². The van der Waals surface area contributed by atoms with E-state index in [9.17, 15) is 4.79 Å². The highest BCUT2D eigenvalue weighted by Crippen LogP contribution is 2.08. The summed E-state index contributed by atoms with van der Waals surface area (Å²) in [5.41, 5.74) is 0. The molecule has 0 atom stereocenters. The van der Waals surface area contributed by atoms with Gasteiger partial charge in [0.05, 0.1) is 0 Å². The second-order valence-electron chi connectivity index (χ2n) is 4.76. The number of aromatic nitrogens is 2. The summed E-state index contributed by atoms with van der Waals surface area (Å²) < 4.78 is 2.11. The fraction of sp³-hybridized carbons (Fsp3) is 0.692. The molecule has 1 fully saturated rings. The van der Waals surface area contributed by atoms with Crippen molar-refractivity contribution in [2.24, 2.45) is 0 Å². The first-order valence-corrected chi connectivity index (χ1v) is 6.73. The maximum atomic E-state index is 11.8. The van der Waals surface area contributed by atoms with Crippen LogP contribution in [0, 0.1) is 6.92 Å². The quantitative estimate of drug-likeness (QED) is 0.760. The van der Waals surface area contributed by atoms with Crippen LogP contribution in [0.2, 0.25) is 0 Å². The van der Waals surface area contributed by atoms with Crippen LogP contribution < -0.4 is 5.32 Å². The molecular weight excluding hydrogens is 228 g/mol. The van der Waals surface area contributed by atoms with Crippen LogP contribution in [0.1, 0.15) is 25.1 Å². The highest BCUT2D eigenvalue weighted by Gasteiger charge is 2.16. The zero-order valence-electron chi connectivity index (χ0n) is 11.1. The van der Waals surface area contributed by atoms with Crippen molar-refractivity contribution < 1.29 is 4.79 Å². The summed E-state index contributed by atoms with van der Waals surface area (Å²) >= 11 is 0. The standard InChI is InChI=1S/C13H22N4O/c1-12-15-7-11-16(12)10-6-14-5-4-13(18)17-8-2-3-9-17/h7,11,14H,2-6,8-10H2,1H3. The molecule has 1 aromatic rings. The zero-order chi connectivity index (χ0) is 12.8. The Morgan fingerprint density at radius 1 is 1.39 bits per heavy atom. The molecule has 1 saturated heterocycles. The first kappa shape index (κ1) is 13.1. The van der Waals surface area contributed by atoms with Gasteiger partial charge in [-0.15, -0.1) is 0 Å². The van der Waals surface area contributed by atoms with Crippen LogP contribution in [-0.4, -0.2) is 46.5 Å². The van der Waals surface area contributed by atoms with Gasteiger partial charge in [0.15, 0.2) is 0 Å². The fourth-order valence-corrected chi connectivity index (χ4v) is 2.28. The molecule has 18 heavy (non-hydrogen) atoms. The van der Waals surface area contributed by atoms with Gasteiger partial charge in [-0.05, 0) is 19.8 Å². The molecule has 0 bridgehead atoms. The van der Waals surface area contributed by atoms with E-state index in [0.717, 1.165) is 38.5 Å². The molecule has 1 aliphatic heterocycles. The highest BCUT2D eigenvalue weighted by molar-refractivity contribution is 5.76. The van der Waals surface area contributed by atoms with E-state index in [0.29, 0.717) is 12.3 Å². The summed E-state index contributed by atoms with van der Waals surface area (Å²) in [5, 5.41) is 3.31. The third kappa shape index (κ3) is 3.57. The monoisotopic (exact) mass is 250 g/mol.